The van der Waals surface area contributed by atoms with E-state index >= 15 is 0 Å². The van der Waals surface area contributed by atoms with Crippen LogP contribution in [0.1, 0.15) is 60.8 Å². The Balaban J connectivity index is 2.68. The molecule has 1 rings (SSSR count). The Hall–Kier alpha value is -0.0800. The predicted molar refractivity (Wildman–Crippen MR) is 62.8 cm³/mol. The van der Waals surface area contributed by atoms with Gasteiger partial charge in [-0.15, -0.1) is 0 Å². The second-order valence-corrected chi connectivity index (χ2v) is 6.29. The highest BCUT2D eigenvalue weighted by Crippen LogP contribution is 2.37. The number of ether oxygens (including phenoxy) is 2. The van der Waals surface area contributed by atoms with Crippen LogP contribution in [0.4, 0.5) is 0 Å². The van der Waals surface area contributed by atoms with Gasteiger partial charge in [0.25, 0.3) is 0 Å². The van der Waals surface area contributed by atoms with Gasteiger partial charge in [-0.05, 0) is 25.7 Å². The van der Waals surface area contributed by atoms with Crippen molar-refractivity contribution in [1.82, 2.24) is 0 Å². The minimum absolute atomic E-state index is 0.0111. The van der Waals surface area contributed by atoms with E-state index in [0.717, 1.165) is 19.3 Å². The summed E-state index contributed by atoms with van der Waals surface area (Å²) in [7, 11) is 0. The largest absolute Gasteiger partial charge is 0.349 e. The van der Waals surface area contributed by atoms with Gasteiger partial charge in [0.05, 0.1) is 11.7 Å². The van der Waals surface area contributed by atoms with E-state index in [1.54, 1.807) is 0 Å². The number of rotatable bonds is 2. The van der Waals surface area contributed by atoms with E-state index in [1.807, 2.05) is 0 Å². The molecule has 2 heteroatoms. The molecule has 0 aromatic rings. The average molecular weight is 214 g/mol. The summed E-state index contributed by atoms with van der Waals surface area (Å²) in [6, 6.07) is 0. The summed E-state index contributed by atoms with van der Waals surface area (Å²) in [4.78, 5) is 0. The van der Waals surface area contributed by atoms with Crippen molar-refractivity contribution in [1.29, 1.82) is 0 Å². The Morgan fingerprint density at radius 2 is 1.87 bits per heavy atom. The lowest BCUT2D eigenvalue weighted by molar-refractivity contribution is -0.290. The number of hydrogen-bond acceptors (Lipinski definition) is 2. The van der Waals surface area contributed by atoms with Crippen molar-refractivity contribution in [2.24, 2.45) is 5.41 Å². The summed E-state index contributed by atoms with van der Waals surface area (Å²) in [6.45, 7) is 13.2. The average Bonchev–Trinajstić information content (AvgIpc) is 1.99. The lowest BCUT2D eigenvalue weighted by atomic mass is 9.82. The van der Waals surface area contributed by atoms with Crippen LogP contribution < -0.4 is 0 Å². The molecule has 2 nitrogen and oxygen atoms in total. The van der Waals surface area contributed by atoms with Crippen LogP contribution >= 0.6 is 0 Å². The van der Waals surface area contributed by atoms with Gasteiger partial charge in [-0.1, -0.05) is 34.1 Å². The molecule has 1 fully saturated rings. The molecule has 0 radical (unpaired) electrons. The van der Waals surface area contributed by atoms with Gasteiger partial charge in [-0.3, -0.25) is 0 Å². The molecular formula is C13H26O2. The quantitative estimate of drug-likeness (QED) is 0.697. The molecule has 1 aliphatic rings. The molecule has 1 heterocycles. The summed E-state index contributed by atoms with van der Waals surface area (Å²) in [5, 5.41) is 0. The predicted octanol–water partition coefficient (Wildman–Crippen LogP) is 3.74. The molecule has 0 aromatic carbocycles. The zero-order chi connectivity index (χ0) is 11.7. The van der Waals surface area contributed by atoms with Crippen LogP contribution in [0.2, 0.25) is 0 Å². The van der Waals surface area contributed by atoms with E-state index in [0.29, 0.717) is 6.10 Å². The zero-order valence-electron chi connectivity index (χ0n) is 11.1. The fourth-order valence-corrected chi connectivity index (χ4v) is 1.98. The van der Waals surface area contributed by atoms with Gasteiger partial charge in [0.2, 0.25) is 0 Å². The molecule has 0 bridgehead atoms. The molecule has 90 valence electrons. The van der Waals surface area contributed by atoms with Crippen molar-refractivity contribution in [3.63, 3.8) is 0 Å². The Labute approximate surface area is 94.3 Å². The van der Waals surface area contributed by atoms with Gasteiger partial charge >= 0.3 is 0 Å². The first-order chi connectivity index (χ1) is 6.74. The van der Waals surface area contributed by atoms with Crippen LogP contribution in [-0.2, 0) is 9.47 Å². The Morgan fingerprint density at radius 1 is 1.27 bits per heavy atom. The second kappa shape index (κ2) is 4.42. The van der Waals surface area contributed by atoms with Crippen molar-refractivity contribution < 1.29 is 9.47 Å². The van der Waals surface area contributed by atoms with E-state index in [4.69, 9.17) is 9.47 Å². The van der Waals surface area contributed by atoms with Crippen molar-refractivity contribution in [2.75, 3.05) is 0 Å². The zero-order valence-corrected chi connectivity index (χ0v) is 11.1. The number of hydrogen-bond donors (Lipinski definition) is 0. The van der Waals surface area contributed by atoms with Gasteiger partial charge in [0.15, 0.2) is 6.29 Å². The van der Waals surface area contributed by atoms with Gasteiger partial charge in [0, 0.05) is 6.42 Å². The molecular weight excluding hydrogens is 188 g/mol. The minimum Gasteiger partial charge on any atom is -0.349 e. The monoisotopic (exact) mass is 214 g/mol. The second-order valence-electron chi connectivity index (χ2n) is 6.29. The smallest absolute Gasteiger partial charge is 0.158 e. The molecule has 0 aliphatic carbocycles. The third-order valence-corrected chi connectivity index (χ3v) is 2.93. The van der Waals surface area contributed by atoms with Crippen LogP contribution in [0.25, 0.3) is 0 Å². The topological polar surface area (TPSA) is 18.5 Å². The third-order valence-electron chi connectivity index (χ3n) is 2.93. The summed E-state index contributed by atoms with van der Waals surface area (Å²) < 4.78 is 11.9. The van der Waals surface area contributed by atoms with Crippen molar-refractivity contribution in [3.05, 3.63) is 0 Å². The molecule has 1 saturated heterocycles. The first-order valence-corrected chi connectivity index (χ1v) is 6.08. The minimum atomic E-state index is -0.0456. The van der Waals surface area contributed by atoms with Gasteiger partial charge in [-0.25, -0.2) is 0 Å². The van der Waals surface area contributed by atoms with Gasteiger partial charge < -0.3 is 9.47 Å². The summed E-state index contributed by atoms with van der Waals surface area (Å²) in [5.74, 6) is 0. The van der Waals surface area contributed by atoms with E-state index in [9.17, 15) is 0 Å². The fraction of sp³-hybridized carbons (Fsp3) is 1.00. The molecule has 0 spiro atoms. The first kappa shape index (κ1) is 13.0. The summed E-state index contributed by atoms with van der Waals surface area (Å²) in [5.41, 5.74) is 0.156. The molecule has 2 atom stereocenters. The van der Waals surface area contributed by atoms with E-state index < -0.39 is 0 Å². The third kappa shape index (κ3) is 3.76. The SMILES string of the molecule is CCCC1OC(C(C)(C)C)CC(C)(C)O1. The van der Waals surface area contributed by atoms with Crippen LogP contribution in [0.3, 0.4) is 0 Å². The van der Waals surface area contributed by atoms with Crippen LogP contribution in [0.15, 0.2) is 0 Å². The van der Waals surface area contributed by atoms with Gasteiger partial charge in [-0.2, -0.15) is 0 Å². The molecule has 0 amide bonds. The lowest BCUT2D eigenvalue weighted by Crippen LogP contribution is -2.48. The Kier molecular flexibility index (Phi) is 3.83. The van der Waals surface area contributed by atoms with Crippen molar-refractivity contribution in [3.8, 4) is 0 Å². The molecule has 15 heavy (non-hydrogen) atoms. The van der Waals surface area contributed by atoms with Crippen LogP contribution in [-0.4, -0.2) is 18.0 Å². The molecule has 0 saturated carbocycles. The standard InChI is InChI=1S/C13H26O2/c1-7-8-11-14-10(12(2,3)4)9-13(5,6)15-11/h10-11H,7-9H2,1-6H3. The molecule has 0 N–H and O–H groups in total. The maximum absolute atomic E-state index is 6.00. The molecule has 2 unspecified atom stereocenters. The Bertz CT molecular complexity index is 203. The molecule has 1 aliphatic heterocycles. The van der Waals surface area contributed by atoms with Crippen molar-refractivity contribution in [2.45, 2.75) is 78.8 Å². The highest BCUT2D eigenvalue weighted by atomic mass is 16.7. The highest BCUT2D eigenvalue weighted by Gasteiger charge is 2.40. The lowest BCUT2D eigenvalue weighted by Gasteiger charge is -2.45. The fourth-order valence-electron chi connectivity index (χ4n) is 1.98. The van der Waals surface area contributed by atoms with Crippen LogP contribution in [0, 0.1) is 5.41 Å². The van der Waals surface area contributed by atoms with Gasteiger partial charge in [0.1, 0.15) is 0 Å². The first-order valence-electron chi connectivity index (χ1n) is 6.08. The van der Waals surface area contributed by atoms with Crippen molar-refractivity contribution >= 4 is 0 Å². The van der Waals surface area contributed by atoms with Crippen LogP contribution in [0.5, 0.6) is 0 Å². The Morgan fingerprint density at radius 3 is 2.33 bits per heavy atom. The summed E-state index contributed by atoms with van der Waals surface area (Å²) in [6.07, 6.45) is 3.38. The summed E-state index contributed by atoms with van der Waals surface area (Å²) >= 11 is 0. The highest BCUT2D eigenvalue weighted by molar-refractivity contribution is 4.86. The normalized spacial score (nSPS) is 31.6. The van der Waals surface area contributed by atoms with E-state index in [2.05, 4.69) is 41.5 Å². The van der Waals surface area contributed by atoms with E-state index in [-0.39, 0.29) is 17.3 Å². The maximum atomic E-state index is 6.00. The maximum Gasteiger partial charge on any atom is 0.158 e. The molecule has 0 aromatic heterocycles. The van der Waals surface area contributed by atoms with E-state index in [1.165, 1.54) is 0 Å².